The largest absolute Gasteiger partial charge is 0.484 e. The van der Waals surface area contributed by atoms with Gasteiger partial charge in [0.25, 0.3) is 5.91 Å². The Morgan fingerprint density at radius 2 is 2.13 bits per heavy atom. The topological polar surface area (TPSA) is 106 Å². The molecule has 1 heterocycles. The zero-order chi connectivity index (χ0) is 16.8. The molecule has 0 aliphatic rings. The average molecular weight is 318 g/mol. The van der Waals surface area contributed by atoms with Crippen LogP contribution < -0.4 is 10.1 Å². The van der Waals surface area contributed by atoms with E-state index in [4.69, 9.17) is 9.84 Å². The highest BCUT2D eigenvalue weighted by atomic mass is 16.5. The number of rotatable bonds is 7. The molecule has 0 aliphatic heterocycles. The zero-order valence-electron chi connectivity index (χ0n) is 12.9. The van der Waals surface area contributed by atoms with Gasteiger partial charge in [-0.25, -0.2) is 4.68 Å². The van der Waals surface area contributed by atoms with Crippen molar-refractivity contribution in [2.75, 3.05) is 6.61 Å². The number of amides is 1. The van der Waals surface area contributed by atoms with Gasteiger partial charge in [-0.15, -0.1) is 5.10 Å². The Kier molecular flexibility index (Phi) is 5.29. The molecule has 0 saturated heterocycles. The Hall–Kier alpha value is -2.90. The number of hydrogen-bond acceptors (Lipinski definition) is 5. The van der Waals surface area contributed by atoms with E-state index in [0.717, 1.165) is 11.1 Å². The maximum absolute atomic E-state index is 11.8. The van der Waals surface area contributed by atoms with Crippen molar-refractivity contribution < 1.29 is 19.4 Å². The average Bonchev–Trinajstić information content (AvgIpc) is 2.91. The summed E-state index contributed by atoms with van der Waals surface area (Å²) >= 11 is 0. The number of aryl methyl sites for hydroxylation is 2. The first-order valence-corrected chi connectivity index (χ1v) is 7.01. The van der Waals surface area contributed by atoms with Gasteiger partial charge in [0.2, 0.25) is 0 Å². The minimum Gasteiger partial charge on any atom is -0.484 e. The first kappa shape index (κ1) is 16.5. The number of benzene rings is 1. The lowest BCUT2D eigenvalue weighted by atomic mass is 10.1. The van der Waals surface area contributed by atoms with Crippen LogP contribution in [0.15, 0.2) is 24.4 Å². The van der Waals surface area contributed by atoms with E-state index in [0.29, 0.717) is 11.4 Å². The number of carbonyl (C=O) groups excluding carboxylic acids is 1. The summed E-state index contributed by atoms with van der Waals surface area (Å²) in [7, 11) is 0. The van der Waals surface area contributed by atoms with Crippen LogP contribution in [0.3, 0.4) is 0 Å². The maximum Gasteiger partial charge on any atom is 0.325 e. The molecule has 23 heavy (non-hydrogen) atoms. The number of carbonyl (C=O) groups is 2. The predicted molar refractivity (Wildman–Crippen MR) is 80.9 cm³/mol. The van der Waals surface area contributed by atoms with Crippen molar-refractivity contribution in [2.45, 2.75) is 26.9 Å². The van der Waals surface area contributed by atoms with E-state index in [2.05, 4.69) is 15.6 Å². The van der Waals surface area contributed by atoms with E-state index < -0.39 is 5.97 Å². The first-order valence-electron chi connectivity index (χ1n) is 7.01. The maximum atomic E-state index is 11.8. The van der Waals surface area contributed by atoms with Crippen LogP contribution in [-0.4, -0.2) is 38.6 Å². The highest BCUT2D eigenvalue weighted by Gasteiger charge is 2.08. The van der Waals surface area contributed by atoms with Crippen molar-refractivity contribution in [1.29, 1.82) is 0 Å². The third kappa shape index (κ3) is 5.10. The fraction of sp³-hybridized carbons (Fsp3) is 0.333. The lowest BCUT2D eigenvalue weighted by Gasteiger charge is -2.09. The summed E-state index contributed by atoms with van der Waals surface area (Å²) in [6.07, 6.45) is 1.47. The molecule has 2 N–H and O–H groups in total. The smallest absolute Gasteiger partial charge is 0.325 e. The van der Waals surface area contributed by atoms with Gasteiger partial charge in [0.05, 0.1) is 12.7 Å². The number of carboxylic acids is 1. The molecule has 1 aromatic carbocycles. The Bertz CT molecular complexity index is 711. The summed E-state index contributed by atoms with van der Waals surface area (Å²) in [5, 5.41) is 18.7. The van der Waals surface area contributed by atoms with Gasteiger partial charge in [-0.05, 0) is 25.5 Å². The molecule has 1 aromatic heterocycles. The highest BCUT2D eigenvalue weighted by Crippen LogP contribution is 2.18. The molecule has 8 heteroatoms. The molecule has 0 radical (unpaired) electrons. The Morgan fingerprint density at radius 1 is 1.35 bits per heavy atom. The molecule has 2 rings (SSSR count). The molecule has 0 bridgehead atoms. The van der Waals surface area contributed by atoms with Gasteiger partial charge in [-0.1, -0.05) is 22.9 Å². The van der Waals surface area contributed by atoms with E-state index in [1.807, 2.05) is 32.0 Å². The summed E-state index contributed by atoms with van der Waals surface area (Å²) in [5.41, 5.74) is 2.57. The van der Waals surface area contributed by atoms with Crippen LogP contribution >= 0.6 is 0 Å². The molecule has 0 spiro atoms. The first-order chi connectivity index (χ1) is 10.9. The Morgan fingerprint density at radius 3 is 2.83 bits per heavy atom. The van der Waals surface area contributed by atoms with Crippen molar-refractivity contribution in [1.82, 2.24) is 20.3 Å². The van der Waals surface area contributed by atoms with Crippen LogP contribution in [0.4, 0.5) is 0 Å². The quantitative estimate of drug-likeness (QED) is 0.777. The minimum absolute atomic E-state index is 0.104. The lowest BCUT2D eigenvalue weighted by molar-refractivity contribution is -0.138. The monoisotopic (exact) mass is 318 g/mol. The zero-order valence-corrected chi connectivity index (χ0v) is 12.9. The van der Waals surface area contributed by atoms with Crippen molar-refractivity contribution in [2.24, 2.45) is 0 Å². The standard InChI is InChI=1S/C15H18N4O4/c1-10-3-4-13(11(2)5-10)23-9-14(20)16-6-12-7-19(18-17-12)8-15(21)22/h3-5,7H,6,8-9H2,1-2H3,(H,16,20)(H,21,22). The van der Waals surface area contributed by atoms with Crippen LogP contribution in [0.1, 0.15) is 16.8 Å². The lowest BCUT2D eigenvalue weighted by Crippen LogP contribution is -2.28. The normalized spacial score (nSPS) is 10.3. The van der Waals surface area contributed by atoms with Crippen molar-refractivity contribution in [3.8, 4) is 5.75 Å². The second-order valence-corrected chi connectivity index (χ2v) is 5.14. The molecule has 0 saturated carbocycles. The SMILES string of the molecule is Cc1ccc(OCC(=O)NCc2cn(CC(=O)O)nn2)c(C)c1. The fourth-order valence-electron chi connectivity index (χ4n) is 1.98. The summed E-state index contributed by atoms with van der Waals surface area (Å²) in [5.74, 6) is -0.636. The van der Waals surface area contributed by atoms with Gasteiger partial charge in [0, 0.05) is 0 Å². The number of ether oxygens (including phenoxy) is 1. The van der Waals surface area contributed by atoms with Crippen molar-refractivity contribution in [3.05, 3.63) is 41.2 Å². The van der Waals surface area contributed by atoms with Gasteiger partial charge in [0.15, 0.2) is 6.61 Å². The molecular formula is C15H18N4O4. The van der Waals surface area contributed by atoms with Gasteiger partial charge < -0.3 is 15.2 Å². The van der Waals surface area contributed by atoms with Crippen LogP contribution in [0.2, 0.25) is 0 Å². The van der Waals surface area contributed by atoms with Crippen LogP contribution in [0.5, 0.6) is 5.75 Å². The van der Waals surface area contributed by atoms with Crippen molar-refractivity contribution in [3.63, 3.8) is 0 Å². The Balaban J connectivity index is 1.78. The number of aromatic nitrogens is 3. The third-order valence-corrected chi connectivity index (χ3v) is 3.04. The number of nitrogens with one attached hydrogen (secondary N) is 1. The van der Waals surface area contributed by atoms with E-state index in [1.165, 1.54) is 10.9 Å². The van der Waals surface area contributed by atoms with Crippen LogP contribution in [0.25, 0.3) is 0 Å². The molecule has 0 atom stereocenters. The summed E-state index contributed by atoms with van der Waals surface area (Å²) in [6, 6.07) is 5.73. The molecule has 0 aliphatic carbocycles. The minimum atomic E-state index is -1.01. The summed E-state index contributed by atoms with van der Waals surface area (Å²) < 4.78 is 6.66. The van der Waals surface area contributed by atoms with E-state index in [-0.39, 0.29) is 25.6 Å². The summed E-state index contributed by atoms with van der Waals surface area (Å²) in [6.45, 7) is 3.70. The molecule has 0 unspecified atom stereocenters. The third-order valence-electron chi connectivity index (χ3n) is 3.04. The Labute approximate surface area is 133 Å². The molecule has 122 valence electrons. The van der Waals surface area contributed by atoms with E-state index in [9.17, 15) is 9.59 Å². The van der Waals surface area contributed by atoms with Gasteiger partial charge in [-0.3, -0.25) is 9.59 Å². The molecule has 8 nitrogen and oxygen atoms in total. The second-order valence-electron chi connectivity index (χ2n) is 5.14. The van der Waals surface area contributed by atoms with E-state index >= 15 is 0 Å². The predicted octanol–water partition coefficient (Wildman–Crippen LogP) is 0.675. The number of aliphatic carboxylic acids is 1. The van der Waals surface area contributed by atoms with Crippen LogP contribution in [-0.2, 0) is 22.7 Å². The van der Waals surface area contributed by atoms with Crippen LogP contribution in [0, 0.1) is 13.8 Å². The van der Waals surface area contributed by atoms with Crippen molar-refractivity contribution >= 4 is 11.9 Å². The van der Waals surface area contributed by atoms with Gasteiger partial charge in [-0.2, -0.15) is 0 Å². The number of hydrogen-bond donors (Lipinski definition) is 2. The molecule has 0 fully saturated rings. The fourth-order valence-corrected chi connectivity index (χ4v) is 1.98. The second kappa shape index (κ2) is 7.39. The number of carboxylic acid groups (broad SMARTS) is 1. The molecular weight excluding hydrogens is 300 g/mol. The molecule has 1 amide bonds. The van der Waals surface area contributed by atoms with E-state index in [1.54, 1.807) is 0 Å². The molecule has 2 aromatic rings. The van der Waals surface area contributed by atoms with Gasteiger partial charge in [0.1, 0.15) is 18.0 Å². The van der Waals surface area contributed by atoms with Gasteiger partial charge >= 0.3 is 5.97 Å². The summed E-state index contributed by atoms with van der Waals surface area (Å²) in [4.78, 5) is 22.3. The number of nitrogens with zero attached hydrogens (tertiary/aromatic N) is 3. The highest BCUT2D eigenvalue weighted by molar-refractivity contribution is 5.77.